The Hall–Kier alpha value is -3.25. The molecule has 8 nitrogen and oxygen atoms in total. The molecule has 11 heteroatoms. The molecule has 0 radical (unpaired) electrons. The maximum absolute atomic E-state index is 13.5. The van der Waals surface area contributed by atoms with E-state index in [1.165, 1.54) is 13.3 Å². The summed E-state index contributed by atoms with van der Waals surface area (Å²) in [6, 6.07) is 7.28. The van der Waals surface area contributed by atoms with Crippen molar-refractivity contribution < 1.29 is 38.1 Å². The van der Waals surface area contributed by atoms with Gasteiger partial charge in [-0.05, 0) is 99.6 Å². The lowest BCUT2D eigenvalue weighted by Crippen LogP contribution is -2.48. The first-order valence-corrected chi connectivity index (χ1v) is 13.3. The van der Waals surface area contributed by atoms with Crippen molar-refractivity contribution in [1.29, 1.82) is 0 Å². The predicted molar refractivity (Wildman–Crippen MR) is 141 cm³/mol. The first kappa shape index (κ1) is 29.7. The Bertz CT molecular complexity index is 1320. The Kier molecular flexibility index (Phi) is 9.62. The Morgan fingerprint density at radius 2 is 1.88 bits per heavy atom. The molecule has 1 aliphatic rings. The third-order valence-electron chi connectivity index (χ3n) is 7.98. The number of likely N-dealkylation sites (tertiary alicyclic amines) is 1. The van der Waals surface area contributed by atoms with E-state index < -0.39 is 34.9 Å². The zero-order valence-electron chi connectivity index (χ0n) is 22.3. The van der Waals surface area contributed by atoms with Gasteiger partial charge in [0.1, 0.15) is 5.75 Å². The predicted octanol–water partition coefficient (Wildman–Crippen LogP) is 4.19. The molecule has 1 aliphatic heterocycles. The summed E-state index contributed by atoms with van der Waals surface area (Å²) < 4.78 is 45.5. The van der Waals surface area contributed by atoms with Crippen molar-refractivity contribution in [1.82, 2.24) is 15.4 Å². The number of pyridine rings is 1. The highest BCUT2D eigenvalue weighted by molar-refractivity contribution is 5.85. The number of fused-ring (bicyclic) bond motifs is 1. The van der Waals surface area contributed by atoms with E-state index in [4.69, 9.17) is 4.74 Å². The Morgan fingerprint density at radius 3 is 2.50 bits per heavy atom. The smallest absolute Gasteiger partial charge is 0.249 e. The van der Waals surface area contributed by atoms with Gasteiger partial charge in [0.15, 0.2) is 17.5 Å². The largest absolute Gasteiger partial charge is 0.497 e. The number of aliphatic hydroxyl groups is 2. The molecule has 0 aliphatic carbocycles. The first-order chi connectivity index (χ1) is 19.2. The van der Waals surface area contributed by atoms with Crippen LogP contribution in [0.25, 0.3) is 10.9 Å². The summed E-state index contributed by atoms with van der Waals surface area (Å²) in [6.07, 6.45) is 2.85. The molecule has 40 heavy (non-hydrogen) atoms. The van der Waals surface area contributed by atoms with E-state index >= 15 is 0 Å². The van der Waals surface area contributed by atoms with Crippen molar-refractivity contribution in [2.75, 3.05) is 26.7 Å². The van der Waals surface area contributed by atoms with Crippen LogP contribution in [0, 0.1) is 22.9 Å². The normalized spacial score (nSPS) is 16.2. The molecule has 1 amide bonds. The van der Waals surface area contributed by atoms with Gasteiger partial charge in [-0.15, -0.1) is 0 Å². The Labute approximate surface area is 230 Å². The lowest BCUT2D eigenvalue weighted by atomic mass is 9.73. The average Bonchev–Trinajstić information content (AvgIpc) is 2.97. The van der Waals surface area contributed by atoms with Crippen molar-refractivity contribution in [3.05, 3.63) is 70.7 Å². The second-order valence-electron chi connectivity index (χ2n) is 10.3. The van der Waals surface area contributed by atoms with Crippen LogP contribution < -0.4 is 10.2 Å². The number of aryl methyl sites for hydroxylation is 1. The van der Waals surface area contributed by atoms with Crippen molar-refractivity contribution in [2.45, 2.75) is 51.2 Å². The van der Waals surface area contributed by atoms with Gasteiger partial charge >= 0.3 is 0 Å². The molecule has 1 aromatic heterocycles. The molecule has 4 N–H and O–H groups in total. The maximum Gasteiger partial charge on any atom is 0.249 e. The number of aromatic nitrogens is 1. The second kappa shape index (κ2) is 12.9. The number of aliphatic hydroxyl groups excluding tert-OH is 2. The van der Waals surface area contributed by atoms with E-state index in [1.807, 2.05) is 0 Å². The van der Waals surface area contributed by atoms with Crippen LogP contribution in [0.4, 0.5) is 13.2 Å². The van der Waals surface area contributed by atoms with Crippen LogP contribution in [0.2, 0.25) is 0 Å². The molecule has 1 fully saturated rings. The minimum absolute atomic E-state index is 0.207. The molecular formula is C29H34F3N3O5. The van der Waals surface area contributed by atoms with Gasteiger partial charge in [0, 0.05) is 17.1 Å². The summed E-state index contributed by atoms with van der Waals surface area (Å²) in [6.45, 7) is 1.39. The standard InChI is InChI=1S/C29H34F3N3O5/c1-40-20-4-5-24-21(15-20)26(19(17-36)16-33-24)25(37)6-7-29(28(38)34-39)8-11-35(12-9-29)10-2-3-18-13-22(30)27(32)23(31)14-18/h4-5,13-16,25,36-37,39H,2-3,6-12,17H2,1H3,(H,34,38). The van der Waals surface area contributed by atoms with Crippen LogP contribution in [-0.2, 0) is 17.8 Å². The highest BCUT2D eigenvalue weighted by atomic mass is 19.2. The van der Waals surface area contributed by atoms with Gasteiger partial charge in [0.25, 0.3) is 0 Å². The number of nitrogens with one attached hydrogen (secondary N) is 1. The molecule has 0 bridgehead atoms. The minimum Gasteiger partial charge on any atom is -0.497 e. The van der Waals surface area contributed by atoms with E-state index in [0.717, 1.165) is 12.1 Å². The van der Waals surface area contributed by atoms with Gasteiger partial charge in [-0.25, -0.2) is 18.7 Å². The van der Waals surface area contributed by atoms with Crippen molar-refractivity contribution >= 4 is 16.8 Å². The van der Waals surface area contributed by atoms with E-state index in [0.29, 0.717) is 85.1 Å². The van der Waals surface area contributed by atoms with E-state index in [1.54, 1.807) is 23.7 Å². The lowest BCUT2D eigenvalue weighted by molar-refractivity contribution is -0.143. The highest BCUT2D eigenvalue weighted by Crippen LogP contribution is 2.40. The second-order valence-corrected chi connectivity index (χ2v) is 10.3. The number of ether oxygens (including phenoxy) is 1. The molecule has 216 valence electrons. The third-order valence-corrected chi connectivity index (χ3v) is 7.98. The Balaban J connectivity index is 1.41. The summed E-state index contributed by atoms with van der Waals surface area (Å²) >= 11 is 0. The van der Waals surface area contributed by atoms with Crippen LogP contribution in [0.1, 0.15) is 54.9 Å². The number of hydroxylamine groups is 1. The van der Waals surface area contributed by atoms with Gasteiger partial charge in [-0.1, -0.05) is 0 Å². The topological polar surface area (TPSA) is 115 Å². The van der Waals surface area contributed by atoms with Crippen LogP contribution in [-0.4, -0.2) is 58.0 Å². The summed E-state index contributed by atoms with van der Waals surface area (Å²) in [4.78, 5) is 19.3. The van der Waals surface area contributed by atoms with Gasteiger partial charge in [-0.3, -0.25) is 15.0 Å². The fraction of sp³-hybridized carbons (Fsp3) is 0.448. The number of benzene rings is 2. The van der Waals surface area contributed by atoms with Gasteiger partial charge in [0.2, 0.25) is 5.91 Å². The monoisotopic (exact) mass is 561 g/mol. The summed E-state index contributed by atoms with van der Waals surface area (Å²) in [5, 5.41) is 31.3. The number of carbonyl (C=O) groups excluding carboxylic acids is 1. The molecule has 0 saturated carbocycles. The highest BCUT2D eigenvalue weighted by Gasteiger charge is 2.41. The number of nitrogens with zero attached hydrogens (tertiary/aromatic N) is 2. The molecule has 4 rings (SSSR count). The fourth-order valence-electron chi connectivity index (χ4n) is 5.61. The van der Waals surface area contributed by atoms with Crippen molar-refractivity contribution in [3.63, 3.8) is 0 Å². The van der Waals surface area contributed by atoms with Crippen molar-refractivity contribution in [3.8, 4) is 5.75 Å². The third kappa shape index (κ3) is 6.38. The molecule has 1 atom stereocenters. The van der Waals surface area contributed by atoms with E-state index in [2.05, 4.69) is 9.88 Å². The molecular weight excluding hydrogens is 527 g/mol. The minimum atomic E-state index is -1.48. The average molecular weight is 562 g/mol. The van der Waals surface area contributed by atoms with Crippen LogP contribution in [0.5, 0.6) is 5.75 Å². The number of rotatable bonds is 11. The van der Waals surface area contributed by atoms with Gasteiger partial charge in [-0.2, -0.15) is 0 Å². The SMILES string of the molecule is COc1ccc2ncc(CO)c(C(O)CCC3(C(=O)NO)CCN(CCCc4cc(F)c(F)c(F)c4)CC3)c2c1. The molecule has 0 spiro atoms. The van der Waals surface area contributed by atoms with Gasteiger partial charge in [0.05, 0.1) is 30.8 Å². The molecule has 3 aromatic rings. The molecule has 1 unspecified atom stereocenters. The number of piperidine rings is 1. The number of carbonyl (C=O) groups is 1. The van der Waals surface area contributed by atoms with Crippen LogP contribution in [0.3, 0.4) is 0 Å². The van der Waals surface area contributed by atoms with Gasteiger partial charge < -0.3 is 19.8 Å². The molecule has 1 saturated heterocycles. The molecule has 2 aromatic carbocycles. The van der Waals surface area contributed by atoms with Crippen molar-refractivity contribution in [2.24, 2.45) is 5.41 Å². The van der Waals surface area contributed by atoms with Crippen LogP contribution in [0.15, 0.2) is 36.5 Å². The van der Waals surface area contributed by atoms with E-state index in [9.17, 15) is 33.4 Å². The maximum atomic E-state index is 13.5. The fourth-order valence-corrected chi connectivity index (χ4v) is 5.61. The lowest BCUT2D eigenvalue weighted by Gasteiger charge is -2.40. The Morgan fingerprint density at radius 1 is 1.18 bits per heavy atom. The number of hydrogen-bond donors (Lipinski definition) is 4. The summed E-state index contributed by atoms with van der Waals surface area (Å²) in [5.41, 5.74) is 2.90. The number of halogens is 3. The zero-order chi connectivity index (χ0) is 28.9. The van der Waals surface area contributed by atoms with E-state index in [-0.39, 0.29) is 13.0 Å². The summed E-state index contributed by atoms with van der Waals surface area (Å²) in [5.74, 6) is -3.83. The quantitative estimate of drug-likeness (QED) is 0.158. The number of amides is 1. The molecule has 2 heterocycles. The zero-order valence-corrected chi connectivity index (χ0v) is 22.3. The first-order valence-electron chi connectivity index (χ1n) is 13.3. The number of methoxy groups -OCH3 is 1. The van der Waals surface area contributed by atoms with Crippen LogP contribution >= 0.6 is 0 Å². The summed E-state index contributed by atoms with van der Waals surface area (Å²) in [7, 11) is 1.53. The number of hydrogen-bond acceptors (Lipinski definition) is 7.